The third kappa shape index (κ3) is 4.03. The lowest BCUT2D eigenvalue weighted by atomic mass is 10.0. The van der Waals surface area contributed by atoms with Crippen LogP contribution in [-0.2, 0) is 10.0 Å². The molecule has 160 valence electrons. The molecule has 0 fully saturated rings. The van der Waals surface area contributed by atoms with Gasteiger partial charge in [-0.25, -0.2) is 36.5 Å². The van der Waals surface area contributed by atoms with Crippen LogP contribution in [0.2, 0.25) is 0 Å². The fraction of sp³-hybridized carbons (Fsp3) is 0.105. The molecule has 0 aliphatic carbocycles. The van der Waals surface area contributed by atoms with E-state index >= 15 is 0 Å². The number of anilines is 1. The highest BCUT2D eigenvalue weighted by molar-refractivity contribution is 7.92. The van der Waals surface area contributed by atoms with E-state index in [0.717, 1.165) is 12.1 Å². The number of hydrogen-bond donors (Lipinski definition) is 1. The molecule has 4 aromatic rings. The average Bonchev–Trinajstić information content (AvgIpc) is 3.24. The zero-order chi connectivity index (χ0) is 22.2. The first kappa shape index (κ1) is 21.0. The number of sulfonamides is 1. The van der Waals surface area contributed by atoms with Gasteiger partial charge in [0.25, 0.3) is 16.4 Å². The molecule has 0 aliphatic rings. The van der Waals surface area contributed by atoms with Gasteiger partial charge in [0, 0.05) is 16.3 Å². The number of thiazole rings is 1. The van der Waals surface area contributed by atoms with E-state index in [2.05, 4.69) is 19.7 Å². The van der Waals surface area contributed by atoms with Crippen LogP contribution in [0.25, 0.3) is 22.2 Å². The Morgan fingerprint density at radius 3 is 2.61 bits per heavy atom. The molecule has 0 saturated heterocycles. The van der Waals surface area contributed by atoms with Crippen LogP contribution in [0.1, 0.15) is 12.0 Å². The first-order chi connectivity index (χ1) is 14.8. The molecule has 1 N–H and O–H groups in total. The monoisotopic (exact) mass is 466 g/mol. The highest BCUT2D eigenvalue weighted by Crippen LogP contribution is 2.37. The van der Waals surface area contributed by atoms with Crippen molar-refractivity contribution in [2.75, 3.05) is 11.8 Å². The number of alkyl halides is 2. The van der Waals surface area contributed by atoms with Crippen molar-refractivity contribution in [1.29, 1.82) is 0 Å². The second-order valence-electron chi connectivity index (χ2n) is 6.26. The van der Waals surface area contributed by atoms with Gasteiger partial charge in [0.05, 0.1) is 34.3 Å². The zero-order valence-electron chi connectivity index (χ0n) is 15.7. The largest absolute Gasteiger partial charge is 0.496 e. The Morgan fingerprint density at radius 2 is 1.94 bits per heavy atom. The van der Waals surface area contributed by atoms with Crippen LogP contribution in [0, 0.1) is 5.82 Å². The molecule has 2 heterocycles. The molecule has 12 heteroatoms. The maximum Gasteiger partial charge on any atom is 0.266 e. The van der Waals surface area contributed by atoms with E-state index in [1.54, 1.807) is 5.38 Å². The van der Waals surface area contributed by atoms with Crippen LogP contribution in [0.4, 0.5) is 19.0 Å². The first-order valence-corrected chi connectivity index (χ1v) is 11.0. The van der Waals surface area contributed by atoms with E-state index in [4.69, 9.17) is 4.74 Å². The molecular weight excluding hydrogens is 453 g/mol. The van der Waals surface area contributed by atoms with Gasteiger partial charge < -0.3 is 4.74 Å². The van der Waals surface area contributed by atoms with E-state index in [0.29, 0.717) is 5.39 Å². The van der Waals surface area contributed by atoms with Gasteiger partial charge in [0.1, 0.15) is 17.9 Å². The van der Waals surface area contributed by atoms with Crippen LogP contribution in [0.3, 0.4) is 0 Å². The Hall–Kier alpha value is -3.25. The predicted molar refractivity (Wildman–Crippen MR) is 109 cm³/mol. The number of nitrogens with zero attached hydrogens (tertiary/aromatic N) is 3. The number of halogens is 3. The maximum absolute atomic E-state index is 14.2. The van der Waals surface area contributed by atoms with Gasteiger partial charge in [-0.15, -0.1) is 11.3 Å². The highest BCUT2D eigenvalue weighted by atomic mass is 32.2. The number of aromatic nitrogens is 3. The van der Waals surface area contributed by atoms with Crippen molar-refractivity contribution in [3.63, 3.8) is 0 Å². The minimum Gasteiger partial charge on any atom is -0.496 e. The second-order valence-corrected chi connectivity index (χ2v) is 8.66. The quantitative estimate of drug-likeness (QED) is 0.445. The van der Waals surface area contributed by atoms with Crippen LogP contribution < -0.4 is 9.46 Å². The van der Waals surface area contributed by atoms with E-state index < -0.39 is 27.8 Å². The Labute approximate surface area is 178 Å². The number of benzene rings is 2. The molecule has 0 amide bonds. The van der Waals surface area contributed by atoms with Gasteiger partial charge >= 0.3 is 0 Å². The van der Waals surface area contributed by atoms with Gasteiger partial charge in [-0.1, -0.05) is 0 Å². The van der Waals surface area contributed by atoms with Crippen molar-refractivity contribution >= 4 is 38.1 Å². The summed E-state index contributed by atoms with van der Waals surface area (Å²) in [6.45, 7) is 0. The molecule has 4 rings (SSSR count). The molecule has 7 nitrogen and oxygen atoms in total. The van der Waals surface area contributed by atoms with Crippen LogP contribution >= 0.6 is 11.3 Å². The van der Waals surface area contributed by atoms with Crippen LogP contribution in [0.15, 0.2) is 52.4 Å². The van der Waals surface area contributed by atoms with Crippen molar-refractivity contribution in [3.05, 3.63) is 58.9 Å². The maximum atomic E-state index is 14.2. The molecule has 0 unspecified atom stereocenters. The van der Waals surface area contributed by atoms with Gasteiger partial charge in [0.15, 0.2) is 5.82 Å². The minimum atomic E-state index is -3.92. The van der Waals surface area contributed by atoms with E-state index in [1.165, 1.54) is 48.5 Å². The number of hydrogen-bond acceptors (Lipinski definition) is 7. The SMILES string of the molecule is COc1cc(C(F)F)c(F)cc1-c1ncnc2cc(S(=O)(=O)Nc3cscn3)ccc12. The summed E-state index contributed by atoms with van der Waals surface area (Å²) in [7, 11) is -2.65. The average molecular weight is 466 g/mol. The third-order valence-electron chi connectivity index (χ3n) is 4.40. The fourth-order valence-corrected chi connectivity index (χ4v) is 4.55. The molecule has 0 aliphatic heterocycles. The lowest BCUT2D eigenvalue weighted by Crippen LogP contribution is -2.13. The zero-order valence-corrected chi connectivity index (χ0v) is 17.3. The molecule has 2 aromatic heterocycles. The van der Waals surface area contributed by atoms with E-state index in [9.17, 15) is 21.6 Å². The van der Waals surface area contributed by atoms with Crippen molar-refractivity contribution in [1.82, 2.24) is 15.0 Å². The Bertz CT molecular complexity index is 1360. The highest BCUT2D eigenvalue weighted by Gasteiger charge is 2.22. The number of rotatable bonds is 6. The summed E-state index contributed by atoms with van der Waals surface area (Å²) in [4.78, 5) is 12.0. The topological polar surface area (TPSA) is 94.1 Å². The molecular formula is C19H13F3N4O3S2. The molecule has 31 heavy (non-hydrogen) atoms. The van der Waals surface area contributed by atoms with Gasteiger partial charge in [-0.05, 0) is 30.3 Å². The van der Waals surface area contributed by atoms with Crippen molar-refractivity contribution < 1.29 is 26.3 Å². The van der Waals surface area contributed by atoms with Gasteiger partial charge in [-0.3, -0.25) is 4.72 Å². The van der Waals surface area contributed by atoms with E-state index in [1.807, 2.05) is 0 Å². The predicted octanol–water partition coefficient (Wildman–Crippen LogP) is 4.64. The first-order valence-electron chi connectivity index (χ1n) is 8.62. The van der Waals surface area contributed by atoms with Crippen molar-refractivity contribution in [2.24, 2.45) is 0 Å². The number of methoxy groups -OCH3 is 1. The van der Waals surface area contributed by atoms with Crippen molar-refractivity contribution in [3.8, 4) is 17.0 Å². The number of ether oxygens (including phenoxy) is 1. The summed E-state index contributed by atoms with van der Waals surface area (Å²) < 4.78 is 73.0. The standard InChI is InChI=1S/C19H13F3N4O3S2/c1-29-16-6-12(19(21)22)14(20)5-13(16)18-11-3-2-10(4-15(11)23-8-24-18)31(27,28)26-17-7-30-9-25-17/h2-9,19,26H,1H3. The summed E-state index contributed by atoms with van der Waals surface area (Å²) in [5, 5.41) is 1.93. The lowest BCUT2D eigenvalue weighted by molar-refractivity contribution is 0.146. The molecule has 2 aromatic carbocycles. The van der Waals surface area contributed by atoms with Crippen LogP contribution in [0.5, 0.6) is 5.75 Å². The molecule has 0 radical (unpaired) electrons. The smallest absolute Gasteiger partial charge is 0.266 e. The van der Waals surface area contributed by atoms with Gasteiger partial charge in [0.2, 0.25) is 0 Å². The fourth-order valence-electron chi connectivity index (χ4n) is 2.97. The summed E-state index contributed by atoms with van der Waals surface area (Å²) in [5.41, 5.74) is 1.29. The summed E-state index contributed by atoms with van der Waals surface area (Å²) in [6, 6.07) is 5.95. The Kier molecular flexibility index (Phi) is 5.50. The third-order valence-corrected chi connectivity index (χ3v) is 6.34. The Balaban J connectivity index is 1.82. The van der Waals surface area contributed by atoms with Gasteiger partial charge in [-0.2, -0.15) is 0 Å². The number of nitrogens with one attached hydrogen (secondary N) is 1. The summed E-state index contributed by atoms with van der Waals surface area (Å²) in [6.07, 6.45) is -1.84. The van der Waals surface area contributed by atoms with E-state index in [-0.39, 0.29) is 33.2 Å². The molecule has 0 spiro atoms. The minimum absolute atomic E-state index is 0.00130. The van der Waals surface area contributed by atoms with Crippen LogP contribution in [-0.4, -0.2) is 30.5 Å². The summed E-state index contributed by atoms with van der Waals surface area (Å²) >= 11 is 1.24. The van der Waals surface area contributed by atoms with Crippen molar-refractivity contribution in [2.45, 2.75) is 11.3 Å². The lowest BCUT2D eigenvalue weighted by Gasteiger charge is -2.13. The normalized spacial score (nSPS) is 11.8. The second kappa shape index (κ2) is 8.12. The summed E-state index contributed by atoms with van der Waals surface area (Å²) in [5.74, 6) is -0.921. The molecule has 0 bridgehead atoms. The molecule has 0 atom stereocenters. The molecule has 0 saturated carbocycles. The number of fused-ring (bicyclic) bond motifs is 1. The Morgan fingerprint density at radius 1 is 1.13 bits per heavy atom.